The number of nitrogens with one attached hydrogen (secondary N) is 1. The molecule has 0 fully saturated rings. The molecule has 0 atom stereocenters. The maximum Gasteiger partial charge on any atom is 0.189 e. The average Bonchev–Trinajstić information content (AvgIpc) is 2.79. The lowest BCUT2D eigenvalue weighted by Crippen LogP contribution is -2.10. The molecule has 0 amide bonds. The Morgan fingerprint density at radius 2 is 1.80 bits per heavy atom. The highest BCUT2D eigenvalue weighted by Gasteiger charge is 2.17. The second kappa shape index (κ2) is 9.85. The van der Waals surface area contributed by atoms with Crippen molar-refractivity contribution in [2.45, 2.75) is 11.6 Å². The molecule has 7 nitrogen and oxygen atoms in total. The Bertz CT molecular complexity index is 1070. The lowest BCUT2D eigenvalue weighted by Gasteiger charge is -2.14. The number of nitriles is 1. The molecule has 0 radical (unpaired) electrons. The molecule has 1 aromatic heterocycles. The minimum Gasteiger partial charge on any atom is -0.508 e. The van der Waals surface area contributed by atoms with Crippen LogP contribution in [0, 0.1) is 11.3 Å². The smallest absolute Gasteiger partial charge is 0.189 e. The first-order valence-electron chi connectivity index (χ1n) is 9.20. The van der Waals surface area contributed by atoms with Crippen LogP contribution >= 0.6 is 11.8 Å². The van der Waals surface area contributed by atoms with E-state index in [4.69, 9.17) is 9.47 Å². The van der Waals surface area contributed by atoms with Gasteiger partial charge >= 0.3 is 0 Å². The van der Waals surface area contributed by atoms with Gasteiger partial charge in [0.25, 0.3) is 0 Å². The van der Waals surface area contributed by atoms with Crippen LogP contribution < -0.4 is 14.8 Å². The number of phenols is 1. The number of nitrogens with zero attached hydrogens (tertiary/aromatic N) is 3. The minimum atomic E-state index is 0.235. The molecule has 0 spiro atoms. The number of aromatic hydroxyl groups is 1. The summed E-state index contributed by atoms with van der Waals surface area (Å²) in [4.78, 5) is 9.06. The Morgan fingerprint density at radius 3 is 2.43 bits per heavy atom. The zero-order chi connectivity index (χ0) is 21.5. The monoisotopic (exact) mass is 422 g/mol. The molecule has 0 saturated heterocycles. The number of aromatic nitrogens is 2. The van der Waals surface area contributed by atoms with Crippen LogP contribution in [0.1, 0.15) is 11.1 Å². The minimum absolute atomic E-state index is 0.235. The van der Waals surface area contributed by atoms with E-state index in [1.54, 1.807) is 38.5 Å². The quantitative estimate of drug-likeness (QED) is 0.413. The summed E-state index contributed by atoms with van der Waals surface area (Å²) in [7, 11) is 3.14. The van der Waals surface area contributed by atoms with Crippen LogP contribution in [-0.4, -0.2) is 42.1 Å². The van der Waals surface area contributed by atoms with Crippen LogP contribution in [0.15, 0.2) is 47.6 Å². The fourth-order valence-electron chi connectivity index (χ4n) is 2.95. The highest BCUT2D eigenvalue weighted by atomic mass is 32.2. The standard InChI is InChI=1S/C22H22N4O3S/c1-28-18-9-6-15(12-19(18)29-2)20-17(13-23)21(26-22(25-20)30-3)24-11-10-14-4-7-16(27)8-5-14/h4-9,12,27H,10-11H2,1-3H3,(H,24,25,26). The van der Waals surface area contributed by atoms with Crippen molar-refractivity contribution in [2.24, 2.45) is 0 Å². The number of benzene rings is 2. The maximum absolute atomic E-state index is 9.84. The van der Waals surface area contributed by atoms with Gasteiger partial charge in [-0.1, -0.05) is 23.9 Å². The molecule has 0 saturated carbocycles. The number of thioether (sulfide) groups is 1. The van der Waals surface area contributed by atoms with Gasteiger partial charge in [-0.2, -0.15) is 5.26 Å². The van der Waals surface area contributed by atoms with Crippen LogP contribution in [0.5, 0.6) is 17.2 Å². The molecule has 2 aromatic carbocycles. The number of hydrogen-bond acceptors (Lipinski definition) is 8. The van der Waals surface area contributed by atoms with Crippen molar-refractivity contribution in [1.82, 2.24) is 9.97 Å². The summed E-state index contributed by atoms with van der Waals surface area (Å²) in [5, 5.41) is 23.1. The molecule has 1 heterocycles. The van der Waals surface area contributed by atoms with Gasteiger partial charge in [0.2, 0.25) is 0 Å². The molecular formula is C22H22N4O3S. The van der Waals surface area contributed by atoms with Gasteiger partial charge in [0.15, 0.2) is 16.7 Å². The topological polar surface area (TPSA) is 100 Å². The van der Waals surface area contributed by atoms with E-state index in [1.807, 2.05) is 24.5 Å². The summed E-state index contributed by atoms with van der Waals surface area (Å²) in [6.07, 6.45) is 2.61. The fraction of sp³-hybridized carbons (Fsp3) is 0.227. The summed E-state index contributed by atoms with van der Waals surface area (Å²) in [6.45, 7) is 0.579. The number of ether oxygens (including phenoxy) is 2. The van der Waals surface area contributed by atoms with Gasteiger partial charge in [-0.05, 0) is 48.6 Å². The van der Waals surface area contributed by atoms with Crippen molar-refractivity contribution in [3.63, 3.8) is 0 Å². The highest BCUT2D eigenvalue weighted by molar-refractivity contribution is 7.98. The van der Waals surface area contributed by atoms with E-state index in [-0.39, 0.29) is 5.75 Å². The Morgan fingerprint density at radius 1 is 1.07 bits per heavy atom. The number of anilines is 1. The SMILES string of the molecule is COc1ccc(-c2nc(SC)nc(NCCc3ccc(O)cc3)c2C#N)cc1OC. The maximum atomic E-state index is 9.84. The van der Waals surface area contributed by atoms with Crippen LogP contribution in [-0.2, 0) is 6.42 Å². The van der Waals surface area contributed by atoms with Gasteiger partial charge in [0.05, 0.1) is 19.9 Å². The molecule has 0 aliphatic heterocycles. The second-order valence-corrected chi connectivity index (χ2v) is 7.08. The first-order chi connectivity index (χ1) is 14.6. The van der Waals surface area contributed by atoms with Gasteiger partial charge in [0.1, 0.15) is 23.2 Å². The van der Waals surface area contributed by atoms with Crippen molar-refractivity contribution in [1.29, 1.82) is 5.26 Å². The van der Waals surface area contributed by atoms with Crippen LogP contribution in [0.2, 0.25) is 0 Å². The van der Waals surface area contributed by atoms with E-state index >= 15 is 0 Å². The van der Waals surface area contributed by atoms with Crippen molar-refractivity contribution in [3.8, 4) is 34.6 Å². The molecule has 30 heavy (non-hydrogen) atoms. The molecule has 0 aliphatic rings. The molecule has 3 rings (SSSR count). The predicted molar refractivity (Wildman–Crippen MR) is 117 cm³/mol. The predicted octanol–water partition coefficient (Wildman–Crippen LogP) is 4.11. The molecule has 8 heteroatoms. The summed E-state index contributed by atoms with van der Waals surface area (Å²) in [6, 6.07) is 14.7. The molecule has 0 aliphatic carbocycles. The second-order valence-electron chi connectivity index (χ2n) is 6.31. The number of methoxy groups -OCH3 is 2. The van der Waals surface area contributed by atoms with Crippen molar-refractivity contribution < 1.29 is 14.6 Å². The lowest BCUT2D eigenvalue weighted by atomic mass is 10.1. The van der Waals surface area contributed by atoms with E-state index in [9.17, 15) is 10.4 Å². The third-order valence-corrected chi connectivity index (χ3v) is 5.03. The Kier molecular flexibility index (Phi) is 6.99. The average molecular weight is 423 g/mol. The van der Waals surface area contributed by atoms with Crippen molar-refractivity contribution in [2.75, 3.05) is 32.3 Å². The molecule has 3 aromatic rings. The lowest BCUT2D eigenvalue weighted by molar-refractivity contribution is 0.355. The first-order valence-corrected chi connectivity index (χ1v) is 10.4. The van der Waals surface area contributed by atoms with Gasteiger partial charge in [0, 0.05) is 12.1 Å². The molecule has 0 unspecified atom stereocenters. The van der Waals surface area contributed by atoms with E-state index in [2.05, 4.69) is 21.4 Å². The normalized spacial score (nSPS) is 10.3. The third-order valence-electron chi connectivity index (χ3n) is 4.48. The van der Waals surface area contributed by atoms with Crippen molar-refractivity contribution in [3.05, 3.63) is 53.6 Å². The van der Waals surface area contributed by atoms with E-state index < -0.39 is 0 Å². The van der Waals surface area contributed by atoms with Crippen LogP contribution in [0.4, 0.5) is 5.82 Å². The number of hydrogen-bond donors (Lipinski definition) is 2. The first kappa shape index (κ1) is 21.3. The molecule has 2 N–H and O–H groups in total. The summed E-state index contributed by atoms with van der Waals surface area (Å²) in [5.74, 6) is 1.88. The van der Waals surface area contributed by atoms with Gasteiger partial charge < -0.3 is 19.9 Å². The number of rotatable bonds is 8. The van der Waals surface area contributed by atoms with Crippen LogP contribution in [0.25, 0.3) is 11.3 Å². The van der Waals surface area contributed by atoms with E-state index in [1.165, 1.54) is 11.8 Å². The zero-order valence-electron chi connectivity index (χ0n) is 17.0. The molecule has 0 bridgehead atoms. The summed E-state index contributed by atoms with van der Waals surface area (Å²) >= 11 is 1.40. The highest BCUT2D eigenvalue weighted by Crippen LogP contribution is 2.35. The largest absolute Gasteiger partial charge is 0.508 e. The molecule has 154 valence electrons. The Hall–Kier alpha value is -3.44. The zero-order valence-corrected chi connectivity index (χ0v) is 17.8. The van der Waals surface area contributed by atoms with Crippen molar-refractivity contribution >= 4 is 17.6 Å². The van der Waals surface area contributed by atoms with Gasteiger partial charge in [-0.15, -0.1) is 0 Å². The number of phenolic OH excluding ortho intramolecular Hbond substituents is 1. The summed E-state index contributed by atoms with van der Waals surface area (Å²) in [5.41, 5.74) is 2.71. The van der Waals surface area contributed by atoms with E-state index in [0.717, 1.165) is 17.5 Å². The van der Waals surface area contributed by atoms with Gasteiger partial charge in [-0.25, -0.2) is 9.97 Å². The third kappa shape index (κ3) is 4.75. The summed E-state index contributed by atoms with van der Waals surface area (Å²) < 4.78 is 10.7. The van der Waals surface area contributed by atoms with Gasteiger partial charge in [-0.3, -0.25) is 0 Å². The Balaban J connectivity index is 1.93. The Labute approximate surface area is 179 Å². The fourth-order valence-corrected chi connectivity index (χ4v) is 3.31. The van der Waals surface area contributed by atoms with E-state index in [0.29, 0.717) is 40.3 Å². The molecular weight excluding hydrogens is 400 g/mol. The van der Waals surface area contributed by atoms with Crippen LogP contribution in [0.3, 0.4) is 0 Å².